The van der Waals surface area contributed by atoms with E-state index in [1.54, 1.807) is 13.0 Å². The van der Waals surface area contributed by atoms with Crippen molar-refractivity contribution in [3.63, 3.8) is 0 Å². The van der Waals surface area contributed by atoms with Crippen LogP contribution in [0, 0.1) is 29.6 Å². The van der Waals surface area contributed by atoms with E-state index in [9.17, 15) is 5.11 Å². The van der Waals surface area contributed by atoms with Gasteiger partial charge in [-0.3, -0.25) is 0 Å². The van der Waals surface area contributed by atoms with Crippen molar-refractivity contribution < 1.29 is 5.11 Å². The van der Waals surface area contributed by atoms with Crippen LogP contribution in [-0.2, 0) is 6.42 Å². The van der Waals surface area contributed by atoms with Crippen molar-refractivity contribution in [3.8, 4) is 17.9 Å². The van der Waals surface area contributed by atoms with Crippen molar-refractivity contribution in [1.29, 1.82) is 10.5 Å². The third kappa shape index (κ3) is 1.77. The summed E-state index contributed by atoms with van der Waals surface area (Å²) in [4.78, 5) is 0. The van der Waals surface area contributed by atoms with Crippen molar-refractivity contribution in [2.24, 2.45) is 0 Å². The Labute approximate surface area is 76.5 Å². The molecule has 0 bridgehead atoms. The second-order valence-corrected chi connectivity index (χ2v) is 2.74. The van der Waals surface area contributed by atoms with Crippen molar-refractivity contribution in [1.82, 2.24) is 0 Å². The highest BCUT2D eigenvalue weighted by molar-refractivity contribution is 5.47. The van der Waals surface area contributed by atoms with E-state index in [1.165, 1.54) is 6.07 Å². The largest absolute Gasteiger partial charge is 0.508 e. The molecule has 0 fully saturated rings. The summed E-state index contributed by atoms with van der Waals surface area (Å²) in [6.45, 7) is 1.74. The fraction of sp³-hybridized carbons (Fsp3) is 0.200. The Kier molecular flexibility index (Phi) is 2.52. The van der Waals surface area contributed by atoms with Gasteiger partial charge in [0.15, 0.2) is 0 Å². The van der Waals surface area contributed by atoms with E-state index in [2.05, 4.69) is 0 Å². The molecule has 0 aromatic heterocycles. The molecule has 13 heavy (non-hydrogen) atoms. The van der Waals surface area contributed by atoms with Crippen LogP contribution < -0.4 is 0 Å². The predicted octanol–water partition coefficient (Wildman–Crippen LogP) is 1.64. The van der Waals surface area contributed by atoms with E-state index >= 15 is 0 Å². The highest BCUT2D eigenvalue weighted by Gasteiger charge is 2.05. The van der Waals surface area contributed by atoms with Gasteiger partial charge in [0, 0.05) is 5.56 Å². The maximum Gasteiger partial charge on any atom is 0.120 e. The van der Waals surface area contributed by atoms with Gasteiger partial charge in [-0.2, -0.15) is 10.5 Å². The SMILES string of the molecule is Cc1cc(O)c(CC#N)cc1C#N. The standard InChI is InChI=1S/C10H8N2O/c1-7-4-10(13)8(2-3-11)5-9(7)6-12/h4-5,13H,2H2,1H3. The maximum absolute atomic E-state index is 9.38. The fourth-order valence-corrected chi connectivity index (χ4v) is 1.08. The third-order valence-electron chi connectivity index (χ3n) is 1.82. The summed E-state index contributed by atoms with van der Waals surface area (Å²) in [7, 11) is 0. The van der Waals surface area contributed by atoms with Gasteiger partial charge >= 0.3 is 0 Å². The highest BCUT2D eigenvalue weighted by Crippen LogP contribution is 2.21. The van der Waals surface area contributed by atoms with E-state index < -0.39 is 0 Å². The lowest BCUT2D eigenvalue weighted by molar-refractivity contribution is 0.469. The van der Waals surface area contributed by atoms with Crippen molar-refractivity contribution in [2.45, 2.75) is 13.3 Å². The number of aryl methyl sites for hydroxylation is 1. The highest BCUT2D eigenvalue weighted by atomic mass is 16.3. The number of hydrogen-bond acceptors (Lipinski definition) is 3. The Morgan fingerprint density at radius 2 is 2.08 bits per heavy atom. The molecule has 0 heterocycles. The first kappa shape index (κ1) is 9.09. The number of nitrogens with zero attached hydrogens (tertiary/aromatic N) is 2. The molecule has 3 heteroatoms. The monoisotopic (exact) mass is 172 g/mol. The quantitative estimate of drug-likeness (QED) is 0.700. The molecule has 64 valence electrons. The van der Waals surface area contributed by atoms with Crippen molar-refractivity contribution in [2.75, 3.05) is 0 Å². The first-order chi connectivity index (χ1) is 6.19. The lowest BCUT2D eigenvalue weighted by Gasteiger charge is -2.03. The molecule has 0 saturated heterocycles. The molecular formula is C10H8N2O. The molecule has 0 atom stereocenters. The van der Waals surface area contributed by atoms with Crippen LogP contribution in [0.4, 0.5) is 0 Å². The Balaban J connectivity index is 3.26. The molecule has 1 N–H and O–H groups in total. The van der Waals surface area contributed by atoms with Crippen LogP contribution in [0.15, 0.2) is 12.1 Å². The summed E-state index contributed by atoms with van der Waals surface area (Å²) in [5.41, 5.74) is 1.73. The van der Waals surface area contributed by atoms with Gasteiger partial charge in [0.25, 0.3) is 0 Å². The molecule has 1 rings (SSSR count). The fourth-order valence-electron chi connectivity index (χ4n) is 1.08. The van der Waals surface area contributed by atoms with E-state index in [0.717, 1.165) is 5.56 Å². The van der Waals surface area contributed by atoms with E-state index in [0.29, 0.717) is 11.1 Å². The first-order valence-corrected chi connectivity index (χ1v) is 3.78. The molecule has 0 spiro atoms. The summed E-state index contributed by atoms with van der Waals surface area (Å²) >= 11 is 0. The molecule has 0 saturated carbocycles. The summed E-state index contributed by atoms with van der Waals surface area (Å²) in [6, 6.07) is 6.98. The van der Waals surface area contributed by atoms with E-state index in [4.69, 9.17) is 10.5 Å². The number of nitriles is 2. The van der Waals surface area contributed by atoms with Gasteiger partial charge < -0.3 is 5.11 Å². The smallest absolute Gasteiger partial charge is 0.120 e. The average Bonchev–Trinajstić information content (AvgIpc) is 2.10. The van der Waals surface area contributed by atoms with Crippen LogP contribution in [0.3, 0.4) is 0 Å². The molecule has 0 aliphatic rings. The van der Waals surface area contributed by atoms with Gasteiger partial charge in [-0.05, 0) is 24.6 Å². The van der Waals surface area contributed by atoms with Gasteiger partial charge in [-0.15, -0.1) is 0 Å². The molecule has 0 unspecified atom stereocenters. The molecule has 0 amide bonds. The lowest BCUT2D eigenvalue weighted by atomic mass is 10.0. The van der Waals surface area contributed by atoms with Gasteiger partial charge in [-0.1, -0.05) is 0 Å². The van der Waals surface area contributed by atoms with Gasteiger partial charge in [-0.25, -0.2) is 0 Å². The zero-order valence-corrected chi connectivity index (χ0v) is 7.20. The number of hydrogen-bond donors (Lipinski definition) is 1. The Morgan fingerprint density at radius 3 is 2.62 bits per heavy atom. The lowest BCUT2D eigenvalue weighted by Crippen LogP contribution is -1.88. The van der Waals surface area contributed by atoms with E-state index in [1.807, 2.05) is 12.1 Å². The molecule has 3 nitrogen and oxygen atoms in total. The predicted molar refractivity (Wildman–Crippen MR) is 46.9 cm³/mol. The van der Waals surface area contributed by atoms with Crippen molar-refractivity contribution >= 4 is 0 Å². The number of rotatable bonds is 1. The summed E-state index contributed by atoms with van der Waals surface area (Å²) in [5, 5.41) is 26.5. The van der Waals surface area contributed by atoms with Gasteiger partial charge in [0.1, 0.15) is 5.75 Å². The Bertz CT molecular complexity index is 410. The second kappa shape index (κ2) is 3.60. The maximum atomic E-state index is 9.38. The van der Waals surface area contributed by atoms with Crippen LogP contribution in [0.1, 0.15) is 16.7 Å². The molecular weight excluding hydrogens is 164 g/mol. The first-order valence-electron chi connectivity index (χ1n) is 3.78. The summed E-state index contributed by atoms with van der Waals surface area (Å²) in [6.07, 6.45) is 0.126. The normalized spacial score (nSPS) is 8.85. The minimum absolute atomic E-state index is 0.0815. The zero-order valence-electron chi connectivity index (χ0n) is 7.20. The molecule has 1 aromatic carbocycles. The molecule has 0 aliphatic heterocycles. The minimum Gasteiger partial charge on any atom is -0.508 e. The minimum atomic E-state index is 0.0815. The number of aromatic hydroxyl groups is 1. The molecule has 0 radical (unpaired) electrons. The molecule has 1 aromatic rings. The van der Waals surface area contributed by atoms with Crippen LogP contribution in [0.5, 0.6) is 5.75 Å². The Hall–Kier alpha value is -2.00. The van der Waals surface area contributed by atoms with E-state index in [-0.39, 0.29) is 12.2 Å². The topological polar surface area (TPSA) is 67.8 Å². The zero-order chi connectivity index (χ0) is 9.84. The number of phenols is 1. The summed E-state index contributed by atoms with van der Waals surface area (Å²) in [5.74, 6) is 0.0815. The van der Waals surface area contributed by atoms with Crippen LogP contribution in [-0.4, -0.2) is 5.11 Å². The van der Waals surface area contributed by atoms with Crippen molar-refractivity contribution in [3.05, 3.63) is 28.8 Å². The Morgan fingerprint density at radius 1 is 1.38 bits per heavy atom. The van der Waals surface area contributed by atoms with Crippen LogP contribution in [0.2, 0.25) is 0 Å². The molecule has 0 aliphatic carbocycles. The van der Waals surface area contributed by atoms with Gasteiger partial charge in [0.05, 0.1) is 24.1 Å². The average molecular weight is 172 g/mol. The second-order valence-electron chi connectivity index (χ2n) is 2.74. The summed E-state index contributed by atoms with van der Waals surface area (Å²) < 4.78 is 0. The number of phenolic OH excluding ortho intramolecular Hbond substituents is 1. The van der Waals surface area contributed by atoms with Crippen LogP contribution >= 0.6 is 0 Å². The number of benzene rings is 1. The third-order valence-corrected chi connectivity index (χ3v) is 1.82. The van der Waals surface area contributed by atoms with Crippen LogP contribution in [0.25, 0.3) is 0 Å². The van der Waals surface area contributed by atoms with Gasteiger partial charge in [0.2, 0.25) is 0 Å².